The maximum atomic E-state index is 9.08. The van der Waals surface area contributed by atoms with Crippen molar-refractivity contribution in [3.05, 3.63) is 28.8 Å². The number of hydrogen-bond acceptors (Lipinski definition) is 3. The van der Waals surface area contributed by atoms with E-state index in [-0.39, 0.29) is 6.61 Å². The lowest BCUT2D eigenvalue weighted by molar-refractivity contribution is 0.302. The molecule has 3 N–H and O–H groups in total. The Hall–Kier alpha value is -0.840. The number of benzene rings is 1. The first-order chi connectivity index (χ1) is 8.10. The van der Waals surface area contributed by atoms with Crippen LogP contribution >= 0.6 is 23.8 Å². The molecule has 94 valence electrons. The van der Waals surface area contributed by atoms with E-state index in [0.29, 0.717) is 16.6 Å². The fraction of sp³-hybridized carbons (Fsp3) is 0.417. The van der Waals surface area contributed by atoms with Crippen LogP contribution in [0.1, 0.15) is 18.9 Å². The van der Waals surface area contributed by atoms with Crippen LogP contribution in [0.15, 0.2) is 18.2 Å². The molecule has 0 atom stereocenters. The monoisotopic (exact) mass is 272 g/mol. The van der Waals surface area contributed by atoms with Gasteiger partial charge in [0.2, 0.25) is 0 Å². The van der Waals surface area contributed by atoms with E-state index in [4.69, 9.17) is 34.7 Å². The standard InChI is InChI=1S/C12H17ClN2OS/c1-2-5-15(6-7-16)11-4-3-9(13)8-10(11)12(14)17/h3-4,8,16H,2,5-7H2,1H3,(H2,14,17). The second-order valence-electron chi connectivity index (χ2n) is 3.74. The minimum absolute atomic E-state index is 0.0966. The van der Waals surface area contributed by atoms with Gasteiger partial charge in [0.1, 0.15) is 4.99 Å². The first kappa shape index (κ1) is 14.2. The molecule has 0 aliphatic heterocycles. The van der Waals surface area contributed by atoms with Gasteiger partial charge >= 0.3 is 0 Å². The first-order valence-corrected chi connectivity index (χ1v) is 6.34. The van der Waals surface area contributed by atoms with Crippen LogP contribution < -0.4 is 10.6 Å². The average molecular weight is 273 g/mol. The molecular formula is C12H17ClN2OS. The number of thiocarbonyl (C=S) groups is 1. The SMILES string of the molecule is CCCN(CCO)c1ccc(Cl)cc1C(N)=S. The quantitative estimate of drug-likeness (QED) is 0.780. The molecule has 3 nitrogen and oxygen atoms in total. The molecule has 0 unspecified atom stereocenters. The molecule has 0 fully saturated rings. The molecule has 0 radical (unpaired) electrons. The van der Waals surface area contributed by atoms with Gasteiger partial charge in [0.15, 0.2) is 0 Å². The maximum absolute atomic E-state index is 9.08. The molecule has 0 aliphatic rings. The van der Waals surface area contributed by atoms with Gasteiger partial charge in [-0.2, -0.15) is 0 Å². The normalized spacial score (nSPS) is 10.3. The zero-order valence-electron chi connectivity index (χ0n) is 9.82. The Morgan fingerprint density at radius 3 is 2.71 bits per heavy atom. The van der Waals surface area contributed by atoms with Gasteiger partial charge in [-0.15, -0.1) is 0 Å². The topological polar surface area (TPSA) is 49.5 Å². The maximum Gasteiger partial charge on any atom is 0.106 e. The van der Waals surface area contributed by atoms with E-state index in [1.807, 2.05) is 6.07 Å². The highest BCUT2D eigenvalue weighted by molar-refractivity contribution is 7.80. The van der Waals surface area contributed by atoms with E-state index in [2.05, 4.69) is 11.8 Å². The summed E-state index contributed by atoms with van der Waals surface area (Å²) in [5, 5.41) is 9.69. The van der Waals surface area contributed by atoms with Crippen molar-refractivity contribution >= 4 is 34.5 Å². The van der Waals surface area contributed by atoms with E-state index in [1.54, 1.807) is 12.1 Å². The lowest BCUT2D eigenvalue weighted by atomic mass is 10.1. The third-order valence-electron chi connectivity index (χ3n) is 2.43. The van der Waals surface area contributed by atoms with E-state index in [9.17, 15) is 0 Å². The molecule has 5 heteroatoms. The van der Waals surface area contributed by atoms with E-state index in [0.717, 1.165) is 24.2 Å². The largest absolute Gasteiger partial charge is 0.395 e. The van der Waals surface area contributed by atoms with Crippen LogP contribution in [0.4, 0.5) is 5.69 Å². The van der Waals surface area contributed by atoms with Crippen molar-refractivity contribution in [2.75, 3.05) is 24.6 Å². The molecule has 0 aromatic heterocycles. The summed E-state index contributed by atoms with van der Waals surface area (Å²) < 4.78 is 0. The third kappa shape index (κ3) is 3.84. The average Bonchev–Trinajstić information content (AvgIpc) is 2.28. The highest BCUT2D eigenvalue weighted by Crippen LogP contribution is 2.24. The fourth-order valence-electron chi connectivity index (χ4n) is 1.72. The lowest BCUT2D eigenvalue weighted by Gasteiger charge is -2.25. The van der Waals surface area contributed by atoms with Crippen molar-refractivity contribution in [3.8, 4) is 0 Å². The zero-order valence-corrected chi connectivity index (χ0v) is 11.4. The molecule has 1 aromatic carbocycles. The molecule has 17 heavy (non-hydrogen) atoms. The Morgan fingerprint density at radius 1 is 1.47 bits per heavy atom. The Kier molecular flexibility index (Phi) is 5.68. The molecule has 1 aromatic rings. The lowest BCUT2D eigenvalue weighted by Crippen LogP contribution is -2.29. The second-order valence-corrected chi connectivity index (χ2v) is 4.61. The number of rotatable bonds is 6. The van der Waals surface area contributed by atoms with Crippen LogP contribution in [0.2, 0.25) is 5.02 Å². The predicted octanol–water partition coefficient (Wildman–Crippen LogP) is 2.18. The number of hydrogen-bond donors (Lipinski definition) is 2. The van der Waals surface area contributed by atoms with Crippen molar-refractivity contribution < 1.29 is 5.11 Å². The van der Waals surface area contributed by atoms with Crippen molar-refractivity contribution in [2.45, 2.75) is 13.3 Å². The van der Waals surface area contributed by atoms with Gasteiger partial charge in [0.25, 0.3) is 0 Å². The smallest absolute Gasteiger partial charge is 0.106 e. The van der Waals surface area contributed by atoms with Gasteiger partial charge in [-0.25, -0.2) is 0 Å². The summed E-state index contributed by atoms with van der Waals surface area (Å²) in [6.45, 7) is 3.59. The van der Waals surface area contributed by atoms with Crippen LogP contribution in [0.3, 0.4) is 0 Å². The molecule has 0 aliphatic carbocycles. The van der Waals surface area contributed by atoms with Crippen LogP contribution in [0.25, 0.3) is 0 Å². The van der Waals surface area contributed by atoms with Gasteiger partial charge in [-0.05, 0) is 24.6 Å². The molecule has 1 rings (SSSR count). The Bertz CT molecular complexity index is 392. The highest BCUT2D eigenvalue weighted by atomic mass is 35.5. The Morgan fingerprint density at radius 2 is 2.18 bits per heavy atom. The van der Waals surface area contributed by atoms with E-state index < -0.39 is 0 Å². The summed E-state index contributed by atoms with van der Waals surface area (Å²) in [7, 11) is 0. The second kappa shape index (κ2) is 6.79. The van der Waals surface area contributed by atoms with Crippen molar-refractivity contribution in [1.29, 1.82) is 0 Å². The first-order valence-electron chi connectivity index (χ1n) is 5.55. The van der Waals surface area contributed by atoms with E-state index in [1.165, 1.54) is 0 Å². The summed E-state index contributed by atoms with van der Waals surface area (Å²) in [5.74, 6) is 0. The number of aliphatic hydroxyl groups is 1. The molecule has 0 saturated heterocycles. The van der Waals surface area contributed by atoms with Crippen LogP contribution in [0.5, 0.6) is 0 Å². The summed E-state index contributed by atoms with van der Waals surface area (Å²) >= 11 is 11.0. The van der Waals surface area contributed by atoms with Crippen molar-refractivity contribution in [1.82, 2.24) is 0 Å². The van der Waals surface area contributed by atoms with Crippen LogP contribution in [0, 0.1) is 0 Å². The number of nitrogens with zero attached hydrogens (tertiary/aromatic N) is 1. The molecule has 0 amide bonds. The van der Waals surface area contributed by atoms with Gasteiger partial charge in [-0.3, -0.25) is 0 Å². The minimum atomic E-state index is 0.0966. The van der Waals surface area contributed by atoms with Crippen LogP contribution in [-0.4, -0.2) is 29.8 Å². The van der Waals surface area contributed by atoms with Gasteiger partial charge in [0.05, 0.1) is 6.61 Å². The van der Waals surface area contributed by atoms with Crippen molar-refractivity contribution in [3.63, 3.8) is 0 Å². The number of halogens is 1. The van der Waals surface area contributed by atoms with Gasteiger partial charge in [0, 0.05) is 29.4 Å². The highest BCUT2D eigenvalue weighted by Gasteiger charge is 2.12. The molecule has 0 spiro atoms. The zero-order chi connectivity index (χ0) is 12.8. The third-order valence-corrected chi connectivity index (χ3v) is 2.88. The van der Waals surface area contributed by atoms with Gasteiger partial charge < -0.3 is 15.7 Å². The predicted molar refractivity (Wildman–Crippen MR) is 76.9 cm³/mol. The Labute approximate surface area is 112 Å². The summed E-state index contributed by atoms with van der Waals surface area (Å²) in [6, 6.07) is 5.46. The summed E-state index contributed by atoms with van der Waals surface area (Å²) in [6.07, 6.45) is 0.986. The molecule has 0 heterocycles. The van der Waals surface area contributed by atoms with Crippen LogP contribution in [-0.2, 0) is 0 Å². The molecule has 0 saturated carbocycles. The van der Waals surface area contributed by atoms with Crippen molar-refractivity contribution in [2.24, 2.45) is 5.73 Å². The number of nitrogens with two attached hydrogens (primary N) is 1. The number of anilines is 1. The number of aliphatic hydroxyl groups excluding tert-OH is 1. The minimum Gasteiger partial charge on any atom is -0.395 e. The summed E-state index contributed by atoms with van der Waals surface area (Å²) in [4.78, 5) is 2.38. The Balaban J connectivity index is 3.12. The summed E-state index contributed by atoms with van der Waals surface area (Å²) in [5.41, 5.74) is 7.38. The fourth-order valence-corrected chi connectivity index (χ4v) is 2.06. The molecular weight excluding hydrogens is 256 g/mol. The van der Waals surface area contributed by atoms with Gasteiger partial charge in [-0.1, -0.05) is 30.7 Å². The molecule has 0 bridgehead atoms. The van der Waals surface area contributed by atoms with E-state index >= 15 is 0 Å².